The predicted octanol–water partition coefficient (Wildman–Crippen LogP) is 4.84. The van der Waals surface area contributed by atoms with Crippen LogP contribution in [0.4, 0.5) is 10.5 Å². The number of hydrogen-bond donors (Lipinski definition) is 1. The van der Waals surface area contributed by atoms with Crippen LogP contribution in [-0.4, -0.2) is 40.1 Å². The molecular formula is C23H24N4O2S. The van der Waals surface area contributed by atoms with E-state index >= 15 is 0 Å². The number of rotatable bonds is 6. The number of carbonyl (C=O) groups is 1. The van der Waals surface area contributed by atoms with Gasteiger partial charge in [0, 0.05) is 31.2 Å². The van der Waals surface area contributed by atoms with Gasteiger partial charge in [0.25, 0.3) is 0 Å². The molecule has 154 valence electrons. The largest absolute Gasteiger partial charge is 0.373 e. The van der Waals surface area contributed by atoms with Gasteiger partial charge in [-0.25, -0.2) is 14.8 Å². The molecule has 1 saturated heterocycles. The van der Waals surface area contributed by atoms with Crippen molar-refractivity contribution in [2.75, 3.05) is 18.4 Å². The number of urea groups is 1. The van der Waals surface area contributed by atoms with E-state index in [1.54, 1.807) is 18.5 Å². The summed E-state index contributed by atoms with van der Waals surface area (Å²) in [7, 11) is 0. The number of piperidine rings is 1. The first-order valence-electron chi connectivity index (χ1n) is 10.0. The second kappa shape index (κ2) is 10.2. The Labute approximate surface area is 180 Å². The monoisotopic (exact) mass is 420 g/mol. The average Bonchev–Trinajstić information content (AvgIpc) is 2.80. The number of likely N-dealkylation sites (tertiary alicyclic amines) is 1. The minimum absolute atomic E-state index is 0.0866. The van der Waals surface area contributed by atoms with Crippen LogP contribution in [0, 0.1) is 0 Å². The molecule has 1 fully saturated rings. The Morgan fingerprint density at radius 2 is 1.77 bits per heavy atom. The third-order valence-electron chi connectivity index (χ3n) is 4.89. The van der Waals surface area contributed by atoms with Gasteiger partial charge in [0.2, 0.25) is 0 Å². The minimum atomic E-state index is -0.0866. The van der Waals surface area contributed by atoms with E-state index in [9.17, 15) is 4.79 Å². The normalized spacial score (nSPS) is 14.5. The van der Waals surface area contributed by atoms with Crippen LogP contribution < -0.4 is 5.32 Å². The topological polar surface area (TPSA) is 67.4 Å². The van der Waals surface area contributed by atoms with Gasteiger partial charge in [-0.3, -0.25) is 0 Å². The number of benzene rings is 1. The summed E-state index contributed by atoms with van der Waals surface area (Å²) < 4.78 is 6.01. The molecule has 1 aliphatic rings. The number of pyridine rings is 2. The fourth-order valence-corrected chi connectivity index (χ4v) is 4.05. The smallest absolute Gasteiger partial charge is 0.321 e. The SMILES string of the molecule is O=C(Nc1ccnc(Sc2ccccn2)c1)N1CCC(OCc2ccccc2)CC1. The van der Waals surface area contributed by atoms with E-state index in [1.807, 2.05) is 47.4 Å². The lowest BCUT2D eigenvalue weighted by Crippen LogP contribution is -2.43. The van der Waals surface area contributed by atoms with Crippen molar-refractivity contribution in [3.63, 3.8) is 0 Å². The van der Waals surface area contributed by atoms with Gasteiger partial charge in [-0.05, 0) is 42.7 Å². The van der Waals surface area contributed by atoms with Crippen LogP contribution in [0.5, 0.6) is 0 Å². The summed E-state index contributed by atoms with van der Waals surface area (Å²) in [6.07, 6.45) is 5.33. The minimum Gasteiger partial charge on any atom is -0.373 e. The molecule has 0 radical (unpaired) electrons. The maximum Gasteiger partial charge on any atom is 0.321 e. The fraction of sp³-hybridized carbons (Fsp3) is 0.261. The third kappa shape index (κ3) is 5.81. The van der Waals surface area contributed by atoms with Crippen molar-refractivity contribution in [2.24, 2.45) is 0 Å². The van der Waals surface area contributed by atoms with Crippen LogP contribution in [0.25, 0.3) is 0 Å². The molecule has 7 heteroatoms. The summed E-state index contributed by atoms with van der Waals surface area (Å²) >= 11 is 1.46. The van der Waals surface area contributed by atoms with Crippen LogP contribution >= 0.6 is 11.8 Å². The lowest BCUT2D eigenvalue weighted by molar-refractivity contribution is 0.00540. The number of hydrogen-bond acceptors (Lipinski definition) is 5. The van der Waals surface area contributed by atoms with E-state index < -0.39 is 0 Å². The summed E-state index contributed by atoms with van der Waals surface area (Å²) in [6.45, 7) is 1.99. The van der Waals surface area contributed by atoms with Crippen LogP contribution in [0.2, 0.25) is 0 Å². The Kier molecular flexibility index (Phi) is 6.95. The fourth-order valence-electron chi connectivity index (χ4n) is 3.27. The number of nitrogens with one attached hydrogen (secondary N) is 1. The number of carbonyl (C=O) groups excluding carboxylic acids is 1. The van der Waals surface area contributed by atoms with E-state index in [-0.39, 0.29) is 12.1 Å². The zero-order chi connectivity index (χ0) is 20.6. The van der Waals surface area contributed by atoms with Gasteiger partial charge in [-0.1, -0.05) is 48.2 Å². The zero-order valence-corrected chi connectivity index (χ0v) is 17.4. The van der Waals surface area contributed by atoms with Gasteiger partial charge in [0.05, 0.1) is 12.7 Å². The number of amides is 2. The maximum atomic E-state index is 12.7. The summed E-state index contributed by atoms with van der Waals surface area (Å²) in [5.74, 6) is 0. The van der Waals surface area contributed by atoms with Crippen molar-refractivity contribution in [1.82, 2.24) is 14.9 Å². The quantitative estimate of drug-likeness (QED) is 0.618. The average molecular weight is 421 g/mol. The Hall–Kier alpha value is -2.90. The van der Waals surface area contributed by atoms with E-state index in [0.717, 1.165) is 28.6 Å². The third-order valence-corrected chi connectivity index (χ3v) is 5.77. The van der Waals surface area contributed by atoms with E-state index in [1.165, 1.54) is 17.3 Å². The Morgan fingerprint density at radius 3 is 2.53 bits per heavy atom. The van der Waals surface area contributed by atoms with Gasteiger partial charge in [-0.15, -0.1) is 0 Å². The van der Waals surface area contributed by atoms with Crippen LogP contribution in [0.1, 0.15) is 18.4 Å². The van der Waals surface area contributed by atoms with Crippen molar-refractivity contribution < 1.29 is 9.53 Å². The summed E-state index contributed by atoms with van der Waals surface area (Å²) in [5.41, 5.74) is 1.91. The highest BCUT2D eigenvalue weighted by molar-refractivity contribution is 7.99. The van der Waals surface area contributed by atoms with Gasteiger partial charge >= 0.3 is 6.03 Å². The van der Waals surface area contributed by atoms with Gasteiger partial charge < -0.3 is 15.0 Å². The second-order valence-corrected chi connectivity index (χ2v) is 8.11. The molecule has 4 rings (SSSR count). The number of aromatic nitrogens is 2. The molecule has 3 aromatic rings. The highest BCUT2D eigenvalue weighted by Crippen LogP contribution is 2.26. The highest BCUT2D eigenvalue weighted by atomic mass is 32.2. The first-order valence-corrected chi connectivity index (χ1v) is 10.8. The van der Waals surface area contributed by atoms with E-state index in [4.69, 9.17) is 4.74 Å². The van der Waals surface area contributed by atoms with Crippen LogP contribution in [0.3, 0.4) is 0 Å². The van der Waals surface area contributed by atoms with Crippen molar-refractivity contribution in [1.29, 1.82) is 0 Å². The molecule has 30 heavy (non-hydrogen) atoms. The van der Waals surface area contributed by atoms with Crippen molar-refractivity contribution in [3.05, 3.63) is 78.6 Å². The van der Waals surface area contributed by atoms with Gasteiger partial charge in [0.1, 0.15) is 10.1 Å². The first kappa shape index (κ1) is 20.4. The second-order valence-electron chi connectivity index (χ2n) is 7.07. The lowest BCUT2D eigenvalue weighted by Gasteiger charge is -2.32. The number of anilines is 1. The zero-order valence-electron chi connectivity index (χ0n) is 16.6. The molecule has 2 aromatic heterocycles. The Bertz CT molecular complexity index is 948. The lowest BCUT2D eigenvalue weighted by atomic mass is 10.1. The van der Waals surface area contributed by atoms with Crippen LogP contribution in [-0.2, 0) is 11.3 Å². The van der Waals surface area contributed by atoms with Crippen LogP contribution in [0.15, 0.2) is 83.1 Å². The van der Waals surface area contributed by atoms with Crippen molar-refractivity contribution in [2.45, 2.75) is 35.6 Å². The Morgan fingerprint density at radius 1 is 1.00 bits per heavy atom. The molecule has 0 spiro atoms. The molecule has 1 aromatic carbocycles. The number of ether oxygens (including phenoxy) is 1. The molecule has 0 bridgehead atoms. The van der Waals surface area contributed by atoms with Gasteiger partial charge in [-0.2, -0.15) is 0 Å². The molecule has 0 saturated carbocycles. The number of nitrogens with zero attached hydrogens (tertiary/aromatic N) is 3. The highest BCUT2D eigenvalue weighted by Gasteiger charge is 2.23. The summed E-state index contributed by atoms with van der Waals surface area (Å²) in [6, 6.07) is 19.5. The predicted molar refractivity (Wildman–Crippen MR) is 117 cm³/mol. The van der Waals surface area contributed by atoms with Crippen molar-refractivity contribution >= 4 is 23.5 Å². The summed E-state index contributed by atoms with van der Waals surface area (Å²) in [5, 5.41) is 4.64. The molecule has 2 amide bonds. The van der Waals surface area contributed by atoms with E-state index in [0.29, 0.717) is 19.7 Å². The maximum absolute atomic E-state index is 12.7. The van der Waals surface area contributed by atoms with E-state index in [2.05, 4.69) is 27.4 Å². The first-order chi connectivity index (χ1) is 14.8. The molecule has 0 unspecified atom stereocenters. The summed E-state index contributed by atoms with van der Waals surface area (Å²) in [4.78, 5) is 23.1. The standard InChI is InChI=1S/C23H24N4O2S/c28-23(26-19-9-13-25-22(16-19)30-21-8-4-5-12-24-21)27-14-10-20(11-15-27)29-17-18-6-2-1-3-7-18/h1-9,12-13,16,20H,10-11,14-15,17H2,(H,25,26,28). The van der Waals surface area contributed by atoms with Gasteiger partial charge in [0.15, 0.2) is 0 Å². The Balaban J connectivity index is 1.25. The molecule has 0 atom stereocenters. The van der Waals surface area contributed by atoms with Crippen molar-refractivity contribution in [3.8, 4) is 0 Å². The molecule has 6 nitrogen and oxygen atoms in total. The molecule has 1 N–H and O–H groups in total. The molecule has 1 aliphatic heterocycles. The molecular weight excluding hydrogens is 396 g/mol. The molecule has 0 aliphatic carbocycles. The molecule has 3 heterocycles.